The summed E-state index contributed by atoms with van der Waals surface area (Å²) in [5.41, 5.74) is 2.74. The molecular weight excluding hydrogens is 505 g/mol. The van der Waals surface area contributed by atoms with E-state index in [0.29, 0.717) is 0 Å². The van der Waals surface area contributed by atoms with E-state index in [1.165, 1.54) is 19.2 Å². The number of ether oxygens (including phenoxy) is 2. The van der Waals surface area contributed by atoms with Crippen molar-refractivity contribution in [3.8, 4) is 5.75 Å². The van der Waals surface area contributed by atoms with Gasteiger partial charge in [-0.1, -0.05) is 18.2 Å². The first-order valence-electron chi connectivity index (χ1n) is 11.7. The first kappa shape index (κ1) is 28.8. The lowest BCUT2D eigenvalue weighted by Crippen LogP contribution is -2.46. The number of nitrogens with one attached hydrogen (secondary N) is 1. The standard InChI is InChI=1S/C24H34N3O9P/c1-23(2,3)22(30)33-13-11-26-37(32,36-17-8-6-5-7-9-17)34-15-18-20(29)24(4,31)21(35-18)27-12-10-16(25)14-19(27)28/h5-10,12,14,18,20-21,29,31H,11,13,15,25H2,1-4H3,(H,26,32)/t18-,20-,21-,24-,37?/m1/s1. The third kappa shape index (κ3) is 7.19. The van der Waals surface area contributed by atoms with Crippen molar-refractivity contribution in [2.24, 2.45) is 5.41 Å². The summed E-state index contributed by atoms with van der Waals surface area (Å²) in [6.45, 7) is 5.83. The average molecular weight is 540 g/mol. The van der Waals surface area contributed by atoms with Gasteiger partial charge < -0.3 is 29.9 Å². The molecule has 204 valence electrons. The number of carbonyl (C=O) groups is 1. The van der Waals surface area contributed by atoms with Crippen molar-refractivity contribution in [3.05, 3.63) is 59.0 Å². The molecule has 0 spiro atoms. The molecule has 2 aromatic rings. The molecule has 1 aromatic carbocycles. The van der Waals surface area contributed by atoms with Crippen LogP contribution in [0.4, 0.5) is 5.69 Å². The van der Waals surface area contributed by atoms with E-state index in [0.717, 1.165) is 10.6 Å². The maximum Gasteiger partial charge on any atom is 0.458 e. The lowest BCUT2D eigenvalue weighted by Gasteiger charge is -2.27. The summed E-state index contributed by atoms with van der Waals surface area (Å²) in [6.07, 6.45) is -2.59. The topological polar surface area (TPSA) is 172 Å². The van der Waals surface area contributed by atoms with Crippen molar-refractivity contribution in [3.63, 3.8) is 0 Å². The molecule has 0 bridgehead atoms. The molecule has 12 nitrogen and oxygen atoms in total. The smallest absolute Gasteiger partial charge is 0.458 e. The molecule has 1 fully saturated rings. The third-order valence-corrected chi connectivity index (χ3v) is 7.16. The zero-order valence-corrected chi connectivity index (χ0v) is 22.1. The zero-order valence-electron chi connectivity index (χ0n) is 21.2. The van der Waals surface area contributed by atoms with E-state index in [1.54, 1.807) is 51.1 Å². The maximum absolute atomic E-state index is 13.5. The number of aliphatic hydroxyl groups excluding tert-OH is 1. The van der Waals surface area contributed by atoms with Crippen molar-refractivity contribution in [1.29, 1.82) is 0 Å². The van der Waals surface area contributed by atoms with Gasteiger partial charge in [0.25, 0.3) is 5.56 Å². The van der Waals surface area contributed by atoms with Crippen molar-refractivity contribution >= 4 is 19.4 Å². The van der Waals surface area contributed by atoms with Crippen LogP contribution in [0, 0.1) is 5.41 Å². The average Bonchev–Trinajstić information content (AvgIpc) is 3.04. The first-order valence-corrected chi connectivity index (χ1v) is 13.2. The van der Waals surface area contributed by atoms with Crippen LogP contribution in [0.5, 0.6) is 5.75 Å². The molecule has 2 heterocycles. The Kier molecular flexibility index (Phi) is 8.84. The van der Waals surface area contributed by atoms with E-state index in [4.69, 9.17) is 24.3 Å². The molecule has 0 amide bonds. The van der Waals surface area contributed by atoms with Crippen molar-refractivity contribution in [2.75, 3.05) is 25.5 Å². The van der Waals surface area contributed by atoms with Crippen LogP contribution in [-0.2, 0) is 23.4 Å². The van der Waals surface area contributed by atoms with Gasteiger partial charge in [0.05, 0.1) is 12.0 Å². The SMILES string of the molecule is CC(C)(C)C(=O)OCCNP(=O)(OC[C@H]1O[C@@H](n2ccc(N)cc2=O)[C@](C)(O)[C@@H]1O)Oc1ccccc1. The van der Waals surface area contributed by atoms with Gasteiger partial charge in [-0.05, 0) is 45.9 Å². The first-order chi connectivity index (χ1) is 17.2. The number of nitrogens with two attached hydrogens (primary N) is 1. The Balaban J connectivity index is 1.71. The van der Waals surface area contributed by atoms with Crippen LogP contribution in [0.2, 0.25) is 0 Å². The number of nitrogens with zero attached hydrogens (tertiary/aromatic N) is 1. The van der Waals surface area contributed by atoms with Gasteiger partial charge in [0.15, 0.2) is 6.23 Å². The number of esters is 1. The molecule has 3 rings (SSSR count). The van der Waals surface area contributed by atoms with Crippen LogP contribution in [0.15, 0.2) is 53.5 Å². The molecule has 0 aliphatic carbocycles. The minimum atomic E-state index is -4.07. The van der Waals surface area contributed by atoms with Gasteiger partial charge in [-0.25, -0.2) is 9.65 Å². The molecule has 0 radical (unpaired) electrons. The number of hydrogen-bond acceptors (Lipinski definition) is 10. The maximum atomic E-state index is 13.5. The summed E-state index contributed by atoms with van der Waals surface area (Å²) in [7, 11) is -4.07. The summed E-state index contributed by atoms with van der Waals surface area (Å²) >= 11 is 0. The monoisotopic (exact) mass is 539 g/mol. The van der Waals surface area contributed by atoms with E-state index in [2.05, 4.69) is 5.09 Å². The van der Waals surface area contributed by atoms with E-state index < -0.39 is 55.3 Å². The molecular formula is C24H34N3O9P. The van der Waals surface area contributed by atoms with E-state index in [-0.39, 0.29) is 24.6 Å². The Labute approximate surface area is 214 Å². The minimum Gasteiger partial charge on any atom is -0.464 e. The molecule has 0 saturated carbocycles. The summed E-state index contributed by atoms with van der Waals surface area (Å²) in [5, 5.41) is 24.3. The van der Waals surface area contributed by atoms with Gasteiger partial charge in [0.1, 0.15) is 30.2 Å². The Morgan fingerprint density at radius 3 is 2.57 bits per heavy atom. The predicted molar refractivity (Wildman–Crippen MR) is 135 cm³/mol. The molecule has 1 aromatic heterocycles. The lowest BCUT2D eigenvalue weighted by atomic mass is 9.96. The Bertz CT molecular complexity index is 1180. The highest BCUT2D eigenvalue weighted by Crippen LogP contribution is 2.46. The van der Waals surface area contributed by atoms with Gasteiger partial charge in [-0.15, -0.1) is 0 Å². The second-order valence-corrected chi connectivity index (χ2v) is 11.6. The largest absolute Gasteiger partial charge is 0.464 e. The highest BCUT2D eigenvalue weighted by atomic mass is 31.2. The molecule has 1 unspecified atom stereocenters. The fraction of sp³-hybridized carbons (Fsp3) is 0.500. The fourth-order valence-electron chi connectivity index (χ4n) is 3.52. The van der Waals surface area contributed by atoms with Crippen LogP contribution in [-0.4, -0.2) is 58.3 Å². The molecule has 5 atom stereocenters. The van der Waals surface area contributed by atoms with Gasteiger partial charge in [-0.3, -0.25) is 18.7 Å². The number of para-hydroxylation sites is 1. The number of aliphatic hydroxyl groups is 2. The van der Waals surface area contributed by atoms with Crippen molar-refractivity contribution in [1.82, 2.24) is 9.65 Å². The second kappa shape index (κ2) is 11.3. The number of anilines is 1. The molecule has 37 heavy (non-hydrogen) atoms. The van der Waals surface area contributed by atoms with Crippen LogP contribution >= 0.6 is 7.75 Å². The Hall–Kier alpha value is -2.73. The van der Waals surface area contributed by atoms with Gasteiger partial charge in [0, 0.05) is 24.5 Å². The Morgan fingerprint density at radius 2 is 1.95 bits per heavy atom. The molecule has 1 aliphatic heterocycles. The molecule has 5 N–H and O–H groups in total. The summed E-state index contributed by atoms with van der Waals surface area (Å²) in [6, 6.07) is 10.9. The normalized spacial score (nSPS) is 25.4. The molecule has 13 heteroatoms. The lowest BCUT2D eigenvalue weighted by molar-refractivity contribution is -0.152. The minimum absolute atomic E-state index is 0.0544. The Morgan fingerprint density at radius 1 is 1.27 bits per heavy atom. The second-order valence-electron chi connectivity index (χ2n) is 9.89. The quantitative estimate of drug-likeness (QED) is 0.197. The van der Waals surface area contributed by atoms with Crippen LogP contribution in [0.25, 0.3) is 0 Å². The number of carbonyl (C=O) groups excluding carboxylic acids is 1. The number of hydrogen-bond donors (Lipinski definition) is 4. The number of rotatable bonds is 10. The van der Waals surface area contributed by atoms with Crippen molar-refractivity contribution in [2.45, 2.75) is 51.7 Å². The van der Waals surface area contributed by atoms with Gasteiger partial charge >= 0.3 is 13.7 Å². The highest BCUT2D eigenvalue weighted by Gasteiger charge is 2.53. The predicted octanol–water partition coefficient (Wildman–Crippen LogP) is 1.82. The van der Waals surface area contributed by atoms with Crippen LogP contribution in [0.3, 0.4) is 0 Å². The van der Waals surface area contributed by atoms with Crippen LogP contribution in [0.1, 0.15) is 33.9 Å². The fourth-order valence-corrected chi connectivity index (χ4v) is 4.83. The summed E-state index contributed by atoms with van der Waals surface area (Å²) < 4.78 is 36.7. The number of nitrogen functional groups attached to an aromatic ring is 1. The summed E-state index contributed by atoms with van der Waals surface area (Å²) in [5.74, 6) is -0.182. The van der Waals surface area contributed by atoms with E-state index in [1.807, 2.05) is 0 Å². The highest BCUT2D eigenvalue weighted by molar-refractivity contribution is 7.52. The third-order valence-electron chi connectivity index (χ3n) is 5.61. The molecule has 1 aliphatic rings. The summed E-state index contributed by atoms with van der Waals surface area (Å²) in [4.78, 5) is 24.4. The molecule has 1 saturated heterocycles. The van der Waals surface area contributed by atoms with E-state index in [9.17, 15) is 24.4 Å². The zero-order chi connectivity index (χ0) is 27.4. The van der Waals surface area contributed by atoms with Gasteiger partial charge in [0.2, 0.25) is 0 Å². The number of pyridine rings is 1. The number of aromatic nitrogens is 1. The van der Waals surface area contributed by atoms with Gasteiger partial charge in [-0.2, -0.15) is 0 Å². The van der Waals surface area contributed by atoms with Crippen LogP contribution < -0.4 is 20.9 Å². The number of benzene rings is 1. The van der Waals surface area contributed by atoms with E-state index >= 15 is 0 Å². The van der Waals surface area contributed by atoms with Crippen molar-refractivity contribution < 1.29 is 38.1 Å².